The summed E-state index contributed by atoms with van der Waals surface area (Å²) in [7, 11) is 2.38. The Morgan fingerprint density at radius 3 is 2.20 bits per heavy atom. The summed E-state index contributed by atoms with van der Waals surface area (Å²) in [5.41, 5.74) is 0. The second-order valence-electron chi connectivity index (χ2n) is 5.17. The molecule has 0 unspecified atom stereocenters. The minimum absolute atomic E-state index is 0.965. The number of morpholine rings is 1. The topological polar surface area (TPSA) is 9.23 Å². The Kier molecular flexibility index (Phi) is 6.26. The Bertz CT molecular complexity index is 153. The fourth-order valence-corrected chi connectivity index (χ4v) is 2.28. The van der Waals surface area contributed by atoms with Crippen LogP contribution in [-0.2, 0) is 4.74 Å². The van der Waals surface area contributed by atoms with E-state index in [1.807, 2.05) is 0 Å². The summed E-state index contributed by atoms with van der Waals surface area (Å²) in [5.74, 6) is 0. The van der Waals surface area contributed by atoms with Gasteiger partial charge < -0.3 is 9.22 Å². The van der Waals surface area contributed by atoms with Gasteiger partial charge in [-0.15, -0.1) is 0 Å². The Balaban J connectivity index is 1.98. The SMILES string of the molecule is CCCCCCCC[N+]1(C)CCOCC1. The molecule has 0 bridgehead atoms. The molecule has 0 radical (unpaired) electrons. The van der Waals surface area contributed by atoms with Crippen LogP contribution < -0.4 is 0 Å². The Morgan fingerprint density at radius 2 is 1.53 bits per heavy atom. The summed E-state index contributed by atoms with van der Waals surface area (Å²) in [6.07, 6.45) is 8.47. The number of rotatable bonds is 7. The van der Waals surface area contributed by atoms with Crippen molar-refractivity contribution in [1.29, 1.82) is 0 Å². The molecule has 0 atom stereocenters. The Hall–Kier alpha value is -0.0800. The lowest BCUT2D eigenvalue weighted by Gasteiger charge is -2.37. The summed E-state index contributed by atoms with van der Waals surface area (Å²) < 4.78 is 6.65. The molecule has 90 valence electrons. The van der Waals surface area contributed by atoms with Crippen molar-refractivity contribution >= 4 is 0 Å². The third-order valence-corrected chi connectivity index (χ3v) is 3.60. The van der Waals surface area contributed by atoms with Crippen molar-refractivity contribution < 1.29 is 9.22 Å². The number of hydrogen-bond donors (Lipinski definition) is 0. The van der Waals surface area contributed by atoms with E-state index in [9.17, 15) is 0 Å². The zero-order valence-electron chi connectivity index (χ0n) is 10.6. The number of nitrogens with zero attached hydrogens (tertiary/aromatic N) is 1. The van der Waals surface area contributed by atoms with Crippen LogP contribution in [0.15, 0.2) is 0 Å². The van der Waals surface area contributed by atoms with E-state index >= 15 is 0 Å². The first-order valence-electron chi connectivity index (χ1n) is 6.68. The van der Waals surface area contributed by atoms with Crippen LogP contribution in [0.3, 0.4) is 0 Å². The van der Waals surface area contributed by atoms with Crippen LogP contribution in [0, 0.1) is 0 Å². The van der Waals surface area contributed by atoms with Gasteiger partial charge in [0.15, 0.2) is 0 Å². The molecule has 2 heteroatoms. The summed E-state index contributed by atoms with van der Waals surface area (Å²) >= 11 is 0. The van der Waals surface area contributed by atoms with Gasteiger partial charge in [-0.05, 0) is 12.8 Å². The third-order valence-electron chi connectivity index (χ3n) is 3.60. The van der Waals surface area contributed by atoms with E-state index < -0.39 is 0 Å². The predicted octanol–water partition coefficient (Wildman–Crippen LogP) is 2.82. The Morgan fingerprint density at radius 1 is 0.933 bits per heavy atom. The van der Waals surface area contributed by atoms with Crippen molar-refractivity contribution in [3.8, 4) is 0 Å². The number of unbranched alkanes of at least 4 members (excludes halogenated alkanes) is 5. The van der Waals surface area contributed by atoms with Gasteiger partial charge in [-0.1, -0.05) is 32.6 Å². The number of quaternary nitrogens is 1. The van der Waals surface area contributed by atoms with Crippen molar-refractivity contribution in [3.05, 3.63) is 0 Å². The van der Waals surface area contributed by atoms with E-state index in [0.29, 0.717) is 0 Å². The molecule has 0 N–H and O–H groups in total. The average Bonchev–Trinajstić information content (AvgIpc) is 2.24. The summed E-state index contributed by atoms with van der Waals surface area (Å²) in [6.45, 7) is 8.00. The number of likely N-dealkylation sites (N-methyl/N-ethyl adjacent to an activating group) is 1. The lowest BCUT2D eigenvalue weighted by Crippen LogP contribution is -2.52. The summed E-state index contributed by atoms with van der Waals surface area (Å²) in [5, 5.41) is 0. The van der Waals surface area contributed by atoms with E-state index in [-0.39, 0.29) is 0 Å². The van der Waals surface area contributed by atoms with Crippen LogP contribution in [0.25, 0.3) is 0 Å². The van der Waals surface area contributed by atoms with Crippen LogP contribution in [0.1, 0.15) is 45.4 Å². The second kappa shape index (κ2) is 7.24. The fourth-order valence-electron chi connectivity index (χ4n) is 2.28. The molecule has 1 heterocycles. The van der Waals surface area contributed by atoms with Crippen LogP contribution in [0.4, 0.5) is 0 Å². The molecule has 1 fully saturated rings. The van der Waals surface area contributed by atoms with Crippen molar-refractivity contribution in [3.63, 3.8) is 0 Å². The Labute approximate surface area is 95.2 Å². The molecule has 0 aromatic heterocycles. The van der Waals surface area contributed by atoms with Gasteiger partial charge in [0.05, 0.1) is 26.8 Å². The summed E-state index contributed by atoms with van der Waals surface area (Å²) in [4.78, 5) is 0. The molecule has 0 aromatic carbocycles. The maximum Gasteiger partial charge on any atom is 0.102 e. The van der Waals surface area contributed by atoms with E-state index in [0.717, 1.165) is 13.2 Å². The highest BCUT2D eigenvalue weighted by Gasteiger charge is 2.23. The van der Waals surface area contributed by atoms with Gasteiger partial charge in [-0.2, -0.15) is 0 Å². The molecular formula is C13H28NO+. The van der Waals surface area contributed by atoms with Gasteiger partial charge in [0.1, 0.15) is 13.1 Å². The molecule has 0 saturated carbocycles. The summed E-state index contributed by atoms with van der Waals surface area (Å²) in [6, 6.07) is 0. The van der Waals surface area contributed by atoms with Gasteiger partial charge in [0.2, 0.25) is 0 Å². The lowest BCUT2D eigenvalue weighted by atomic mass is 10.1. The van der Waals surface area contributed by atoms with Crippen molar-refractivity contribution in [1.82, 2.24) is 0 Å². The van der Waals surface area contributed by atoms with Gasteiger partial charge >= 0.3 is 0 Å². The average molecular weight is 214 g/mol. The van der Waals surface area contributed by atoms with Crippen molar-refractivity contribution in [2.75, 3.05) is 39.9 Å². The van der Waals surface area contributed by atoms with Crippen molar-refractivity contribution in [2.45, 2.75) is 45.4 Å². The molecule has 1 saturated heterocycles. The quantitative estimate of drug-likeness (QED) is 0.468. The predicted molar refractivity (Wildman–Crippen MR) is 65.0 cm³/mol. The van der Waals surface area contributed by atoms with Gasteiger partial charge in [-0.25, -0.2) is 0 Å². The fraction of sp³-hybridized carbons (Fsp3) is 1.00. The standard InChI is InChI=1S/C13H28NO/c1-3-4-5-6-7-8-9-14(2)10-12-15-13-11-14/h3-13H2,1-2H3/q+1. The highest BCUT2D eigenvalue weighted by Crippen LogP contribution is 2.12. The van der Waals surface area contributed by atoms with Crippen molar-refractivity contribution in [2.24, 2.45) is 0 Å². The zero-order valence-corrected chi connectivity index (χ0v) is 10.6. The minimum atomic E-state index is 0.965. The first kappa shape index (κ1) is 13.0. The van der Waals surface area contributed by atoms with E-state index in [1.165, 1.54) is 62.6 Å². The largest absolute Gasteiger partial charge is 0.370 e. The number of ether oxygens (including phenoxy) is 1. The highest BCUT2D eigenvalue weighted by molar-refractivity contribution is 4.49. The molecule has 2 nitrogen and oxygen atoms in total. The van der Waals surface area contributed by atoms with Crippen LogP contribution in [0.2, 0.25) is 0 Å². The van der Waals surface area contributed by atoms with E-state index in [4.69, 9.17) is 4.74 Å². The molecule has 0 amide bonds. The monoisotopic (exact) mass is 214 g/mol. The molecule has 0 spiro atoms. The normalized spacial score (nSPS) is 20.4. The molecule has 1 aliphatic rings. The van der Waals surface area contributed by atoms with Crippen LogP contribution in [-0.4, -0.2) is 44.4 Å². The molecule has 1 rings (SSSR count). The zero-order chi connectivity index (χ0) is 11.0. The maximum atomic E-state index is 5.41. The van der Waals surface area contributed by atoms with E-state index in [2.05, 4.69) is 14.0 Å². The van der Waals surface area contributed by atoms with Gasteiger partial charge in [0, 0.05) is 0 Å². The molecule has 1 aliphatic heterocycles. The lowest BCUT2D eigenvalue weighted by molar-refractivity contribution is -0.917. The van der Waals surface area contributed by atoms with Crippen LogP contribution >= 0.6 is 0 Å². The first-order valence-corrected chi connectivity index (χ1v) is 6.68. The van der Waals surface area contributed by atoms with Gasteiger partial charge in [0.25, 0.3) is 0 Å². The molecule has 0 aromatic rings. The van der Waals surface area contributed by atoms with Gasteiger partial charge in [-0.3, -0.25) is 0 Å². The maximum absolute atomic E-state index is 5.41. The first-order chi connectivity index (χ1) is 7.27. The second-order valence-corrected chi connectivity index (χ2v) is 5.17. The molecule has 15 heavy (non-hydrogen) atoms. The highest BCUT2D eigenvalue weighted by atomic mass is 16.5. The molecular weight excluding hydrogens is 186 g/mol. The number of hydrogen-bond acceptors (Lipinski definition) is 1. The van der Waals surface area contributed by atoms with E-state index in [1.54, 1.807) is 0 Å². The third kappa shape index (κ3) is 5.53. The minimum Gasteiger partial charge on any atom is -0.370 e. The molecule has 0 aliphatic carbocycles. The smallest absolute Gasteiger partial charge is 0.102 e. The van der Waals surface area contributed by atoms with Crippen LogP contribution in [0.5, 0.6) is 0 Å².